The van der Waals surface area contributed by atoms with Gasteiger partial charge in [0.25, 0.3) is 5.91 Å². The third-order valence-corrected chi connectivity index (χ3v) is 4.53. The Kier molecular flexibility index (Phi) is 3.54. The Labute approximate surface area is 135 Å². The van der Waals surface area contributed by atoms with E-state index in [2.05, 4.69) is 17.1 Å². The molecule has 1 amide bonds. The van der Waals surface area contributed by atoms with E-state index in [4.69, 9.17) is 0 Å². The quantitative estimate of drug-likeness (QED) is 0.710. The molecule has 114 valence electrons. The molecule has 0 N–H and O–H groups in total. The van der Waals surface area contributed by atoms with Gasteiger partial charge in [-0.1, -0.05) is 36.4 Å². The van der Waals surface area contributed by atoms with Gasteiger partial charge in [0, 0.05) is 23.7 Å². The molecule has 1 aliphatic rings. The summed E-state index contributed by atoms with van der Waals surface area (Å²) >= 11 is 0. The number of para-hydroxylation sites is 1. The number of nitrogens with zero attached hydrogens (tertiary/aromatic N) is 2. The van der Waals surface area contributed by atoms with E-state index in [0.717, 1.165) is 41.4 Å². The molecule has 1 unspecified atom stereocenters. The molecule has 2 heterocycles. The van der Waals surface area contributed by atoms with Gasteiger partial charge in [0.15, 0.2) is 0 Å². The molecule has 3 heteroatoms. The predicted molar refractivity (Wildman–Crippen MR) is 91.2 cm³/mol. The first-order valence-corrected chi connectivity index (χ1v) is 8.03. The van der Waals surface area contributed by atoms with Gasteiger partial charge >= 0.3 is 0 Å². The van der Waals surface area contributed by atoms with Crippen LogP contribution in [0.25, 0.3) is 10.9 Å². The fourth-order valence-corrected chi connectivity index (χ4v) is 3.37. The predicted octanol–water partition coefficient (Wildman–Crippen LogP) is 4.21. The summed E-state index contributed by atoms with van der Waals surface area (Å²) in [5, 5.41) is 1.13. The maximum atomic E-state index is 12.8. The number of rotatable bonds is 2. The van der Waals surface area contributed by atoms with Crippen LogP contribution < -0.4 is 0 Å². The summed E-state index contributed by atoms with van der Waals surface area (Å²) in [4.78, 5) is 19.3. The summed E-state index contributed by atoms with van der Waals surface area (Å²) < 4.78 is 0. The van der Waals surface area contributed by atoms with Crippen molar-refractivity contribution in [1.29, 1.82) is 0 Å². The molecular formula is C20H18N2O. The molecule has 1 fully saturated rings. The fraction of sp³-hybridized carbons (Fsp3) is 0.200. The van der Waals surface area contributed by atoms with Crippen molar-refractivity contribution < 1.29 is 4.79 Å². The molecule has 1 saturated heterocycles. The minimum absolute atomic E-state index is 0.112. The van der Waals surface area contributed by atoms with Crippen LogP contribution in [0.3, 0.4) is 0 Å². The maximum Gasteiger partial charge on any atom is 0.254 e. The Balaban J connectivity index is 1.67. The first-order valence-electron chi connectivity index (χ1n) is 8.03. The number of hydrogen-bond donors (Lipinski definition) is 0. The number of aromatic nitrogens is 1. The zero-order valence-corrected chi connectivity index (χ0v) is 12.9. The number of pyridine rings is 1. The van der Waals surface area contributed by atoms with Crippen molar-refractivity contribution in [3.63, 3.8) is 0 Å². The summed E-state index contributed by atoms with van der Waals surface area (Å²) in [5.74, 6) is 0.112. The molecule has 0 saturated carbocycles. The number of carbonyl (C=O) groups is 1. The highest BCUT2D eigenvalue weighted by atomic mass is 16.2. The molecule has 23 heavy (non-hydrogen) atoms. The van der Waals surface area contributed by atoms with Crippen molar-refractivity contribution in [2.75, 3.05) is 6.54 Å². The number of likely N-dealkylation sites (tertiary alicyclic amines) is 1. The molecule has 4 rings (SSSR count). The van der Waals surface area contributed by atoms with Crippen molar-refractivity contribution in [3.8, 4) is 0 Å². The molecule has 1 aromatic heterocycles. The average Bonchev–Trinajstić information content (AvgIpc) is 3.11. The van der Waals surface area contributed by atoms with Gasteiger partial charge in [-0.2, -0.15) is 0 Å². The SMILES string of the molecule is O=C(c1ccccc1)N1CCCC1c1cnc2ccccc2c1. The zero-order valence-electron chi connectivity index (χ0n) is 12.9. The van der Waals surface area contributed by atoms with Crippen LogP contribution in [-0.4, -0.2) is 22.3 Å². The number of benzene rings is 2. The Morgan fingerprint density at radius 3 is 2.70 bits per heavy atom. The van der Waals surface area contributed by atoms with Gasteiger partial charge in [0.1, 0.15) is 0 Å². The van der Waals surface area contributed by atoms with Gasteiger partial charge in [-0.05, 0) is 42.7 Å². The van der Waals surface area contributed by atoms with E-state index in [9.17, 15) is 4.79 Å². The Bertz CT molecular complexity index is 844. The van der Waals surface area contributed by atoms with E-state index < -0.39 is 0 Å². The summed E-state index contributed by atoms with van der Waals surface area (Å²) in [6.45, 7) is 0.811. The van der Waals surface area contributed by atoms with Crippen molar-refractivity contribution in [3.05, 3.63) is 78.0 Å². The molecular weight excluding hydrogens is 284 g/mol. The van der Waals surface area contributed by atoms with Crippen LogP contribution in [-0.2, 0) is 0 Å². The molecule has 3 aromatic rings. The maximum absolute atomic E-state index is 12.8. The molecule has 1 aliphatic heterocycles. The largest absolute Gasteiger partial charge is 0.332 e. The van der Waals surface area contributed by atoms with Crippen LogP contribution >= 0.6 is 0 Å². The summed E-state index contributed by atoms with van der Waals surface area (Å²) in [6.07, 6.45) is 3.96. The lowest BCUT2D eigenvalue weighted by atomic mass is 10.0. The standard InChI is InChI=1S/C20H18N2O/c23-20(15-7-2-1-3-8-15)22-12-6-11-19(22)17-13-16-9-4-5-10-18(16)21-14-17/h1-5,7-10,13-14,19H,6,11-12H2. The van der Waals surface area contributed by atoms with Crippen LogP contribution in [0.4, 0.5) is 0 Å². The Morgan fingerprint density at radius 1 is 1.04 bits per heavy atom. The van der Waals surface area contributed by atoms with Crippen LogP contribution in [0.15, 0.2) is 66.9 Å². The second-order valence-corrected chi connectivity index (χ2v) is 5.98. The van der Waals surface area contributed by atoms with Gasteiger partial charge in [-0.3, -0.25) is 9.78 Å². The third-order valence-electron chi connectivity index (χ3n) is 4.53. The molecule has 0 spiro atoms. The van der Waals surface area contributed by atoms with E-state index in [1.54, 1.807) is 0 Å². The van der Waals surface area contributed by atoms with Crippen molar-refractivity contribution in [2.45, 2.75) is 18.9 Å². The van der Waals surface area contributed by atoms with E-state index in [1.165, 1.54) is 0 Å². The van der Waals surface area contributed by atoms with Gasteiger partial charge in [0.2, 0.25) is 0 Å². The molecule has 2 aromatic carbocycles. The number of hydrogen-bond acceptors (Lipinski definition) is 2. The Morgan fingerprint density at radius 2 is 1.83 bits per heavy atom. The van der Waals surface area contributed by atoms with Crippen LogP contribution in [0.2, 0.25) is 0 Å². The van der Waals surface area contributed by atoms with Gasteiger partial charge in [0.05, 0.1) is 11.6 Å². The lowest BCUT2D eigenvalue weighted by molar-refractivity contribution is 0.0735. The number of fused-ring (bicyclic) bond motifs is 1. The van der Waals surface area contributed by atoms with E-state index >= 15 is 0 Å². The van der Waals surface area contributed by atoms with E-state index in [-0.39, 0.29) is 11.9 Å². The monoisotopic (exact) mass is 302 g/mol. The highest BCUT2D eigenvalue weighted by Crippen LogP contribution is 2.33. The molecule has 1 atom stereocenters. The minimum atomic E-state index is 0.112. The third kappa shape index (κ3) is 2.59. The van der Waals surface area contributed by atoms with Gasteiger partial charge < -0.3 is 4.90 Å². The summed E-state index contributed by atoms with van der Waals surface area (Å²) in [5.41, 5.74) is 2.88. The highest BCUT2D eigenvalue weighted by molar-refractivity contribution is 5.94. The second kappa shape index (κ2) is 5.84. The average molecular weight is 302 g/mol. The zero-order chi connectivity index (χ0) is 15.6. The van der Waals surface area contributed by atoms with Crippen molar-refractivity contribution in [2.24, 2.45) is 0 Å². The highest BCUT2D eigenvalue weighted by Gasteiger charge is 2.30. The molecule has 0 aliphatic carbocycles. The first-order chi connectivity index (χ1) is 11.3. The lowest BCUT2D eigenvalue weighted by Crippen LogP contribution is -2.30. The van der Waals surface area contributed by atoms with Gasteiger partial charge in [-0.15, -0.1) is 0 Å². The first kappa shape index (κ1) is 13.9. The normalized spacial score (nSPS) is 17.6. The van der Waals surface area contributed by atoms with Crippen molar-refractivity contribution >= 4 is 16.8 Å². The Hall–Kier alpha value is -2.68. The van der Waals surface area contributed by atoms with Crippen molar-refractivity contribution in [1.82, 2.24) is 9.88 Å². The van der Waals surface area contributed by atoms with Crippen LogP contribution in [0, 0.1) is 0 Å². The topological polar surface area (TPSA) is 33.2 Å². The lowest BCUT2D eigenvalue weighted by Gasteiger charge is -2.25. The van der Waals surface area contributed by atoms with Crippen LogP contribution in [0.5, 0.6) is 0 Å². The molecule has 0 radical (unpaired) electrons. The molecule has 0 bridgehead atoms. The second-order valence-electron chi connectivity index (χ2n) is 5.98. The minimum Gasteiger partial charge on any atom is -0.332 e. The summed E-state index contributed by atoms with van der Waals surface area (Å²) in [6, 6.07) is 19.9. The molecule has 3 nitrogen and oxygen atoms in total. The summed E-state index contributed by atoms with van der Waals surface area (Å²) in [7, 11) is 0. The van der Waals surface area contributed by atoms with Crippen LogP contribution in [0.1, 0.15) is 34.8 Å². The van der Waals surface area contributed by atoms with E-state index in [0.29, 0.717) is 0 Å². The van der Waals surface area contributed by atoms with E-state index in [1.807, 2.05) is 59.6 Å². The van der Waals surface area contributed by atoms with Gasteiger partial charge in [-0.25, -0.2) is 0 Å². The number of amides is 1. The smallest absolute Gasteiger partial charge is 0.254 e. The number of carbonyl (C=O) groups excluding carboxylic acids is 1. The fourth-order valence-electron chi connectivity index (χ4n) is 3.37.